The summed E-state index contributed by atoms with van der Waals surface area (Å²) in [5, 5.41) is 2.44. The Balaban J connectivity index is 1.19. The minimum absolute atomic E-state index is 0.0506. The van der Waals surface area contributed by atoms with Crippen molar-refractivity contribution in [2.75, 3.05) is 14.7 Å². The predicted octanol–water partition coefficient (Wildman–Crippen LogP) is 16.5. The van der Waals surface area contributed by atoms with Crippen LogP contribution in [0.5, 0.6) is 0 Å². The monoisotopic (exact) mass is 800 g/mol. The summed E-state index contributed by atoms with van der Waals surface area (Å²) in [6, 6.07) is 85.1. The molecule has 0 amide bonds. The molecule has 4 heteroatoms. The second-order valence-electron chi connectivity index (χ2n) is 16.7. The molecule has 62 heavy (non-hydrogen) atoms. The second-order valence-corrected chi connectivity index (χ2v) is 16.7. The number of rotatable bonds is 10. The molecular formula is C58H48N4. The molecule has 300 valence electrons. The van der Waals surface area contributed by atoms with Gasteiger partial charge in [-0.15, -0.1) is 0 Å². The maximum Gasteiger partial charge on any atom is 0.0561 e. The minimum atomic E-state index is 0.0506. The molecule has 0 aliphatic rings. The van der Waals surface area contributed by atoms with Crippen molar-refractivity contribution >= 4 is 73.0 Å². The van der Waals surface area contributed by atoms with E-state index in [0.717, 1.165) is 62.4 Å². The van der Waals surface area contributed by atoms with Crippen LogP contribution in [-0.2, 0) is 5.41 Å². The minimum Gasteiger partial charge on any atom is -0.310 e. The van der Waals surface area contributed by atoms with E-state index in [0.29, 0.717) is 0 Å². The van der Waals surface area contributed by atoms with Crippen molar-refractivity contribution in [3.63, 3.8) is 0 Å². The van der Waals surface area contributed by atoms with Crippen molar-refractivity contribution in [1.82, 2.24) is 4.57 Å². The lowest BCUT2D eigenvalue weighted by Crippen LogP contribution is -2.15. The van der Waals surface area contributed by atoms with E-state index in [1.807, 2.05) is 0 Å². The summed E-state index contributed by atoms with van der Waals surface area (Å²) >= 11 is 0. The Bertz CT molecular complexity index is 3060. The summed E-state index contributed by atoms with van der Waals surface area (Å²) in [5.74, 6) is 0. The van der Waals surface area contributed by atoms with Crippen LogP contribution < -0.4 is 14.7 Å². The maximum absolute atomic E-state index is 2.40. The van der Waals surface area contributed by atoms with Gasteiger partial charge in [0.1, 0.15) is 0 Å². The first kappa shape index (κ1) is 38.4. The molecule has 0 spiro atoms. The zero-order valence-corrected chi connectivity index (χ0v) is 35.3. The average Bonchev–Trinajstić information content (AvgIpc) is 3.65. The number of fused-ring (bicyclic) bond motifs is 3. The summed E-state index contributed by atoms with van der Waals surface area (Å²) in [5.41, 5.74) is 14.4. The average molecular weight is 801 g/mol. The van der Waals surface area contributed by atoms with Crippen LogP contribution in [0, 0.1) is 0 Å². The molecule has 0 aliphatic carbocycles. The molecule has 0 saturated heterocycles. The molecule has 0 fully saturated rings. The Labute approximate surface area is 364 Å². The van der Waals surface area contributed by atoms with Crippen LogP contribution in [0.25, 0.3) is 27.5 Å². The van der Waals surface area contributed by atoms with Crippen molar-refractivity contribution in [3.8, 4) is 5.69 Å². The molecule has 10 aromatic rings. The van der Waals surface area contributed by atoms with Gasteiger partial charge in [0.05, 0.1) is 11.0 Å². The molecule has 0 N–H and O–H groups in total. The van der Waals surface area contributed by atoms with Gasteiger partial charge in [-0.1, -0.05) is 142 Å². The maximum atomic E-state index is 2.40. The molecule has 1 aromatic heterocycles. The molecule has 0 bridgehead atoms. The van der Waals surface area contributed by atoms with E-state index >= 15 is 0 Å². The Kier molecular flexibility index (Phi) is 10.1. The highest BCUT2D eigenvalue weighted by Gasteiger charge is 2.22. The summed E-state index contributed by atoms with van der Waals surface area (Å²) < 4.78 is 2.39. The first-order valence-corrected chi connectivity index (χ1v) is 21.4. The smallest absolute Gasteiger partial charge is 0.0561 e. The van der Waals surface area contributed by atoms with Crippen LogP contribution >= 0.6 is 0 Å². The third kappa shape index (κ3) is 7.37. The van der Waals surface area contributed by atoms with Crippen molar-refractivity contribution in [3.05, 3.63) is 242 Å². The van der Waals surface area contributed by atoms with Crippen molar-refractivity contribution in [1.29, 1.82) is 0 Å². The second kappa shape index (κ2) is 16.3. The lowest BCUT2D eigenvalue weighted by atomic mass is 9.87. The SMILES string of the molecule is CC(C)(C)c1ccc(N(c2ccccc2)c2cccc(N(c3cccc(N(c4ccccc4)c4ccccc4)c3)c3ccc4c5ccccc5n(-c5ccccc5)c4c3)c2)cc1. The third-order valence-corrected chi connectivity index (χ3v) is 11.7. The Morgan fingerprint density at radius 1 is 0.290 bits per heavy atom. The number of aromatic nitrogens is 1. The van der Waals surface area contributed by atoms with Gasteiger partial charge in [-0.25, -0.2) is 0 Å². The van der Waals surface area contributed by atoms with Crippen molar-refractivity contribution < 1.29 is 0 Å². The largest absolute Gasteiger partial charge is 0.310 e. The van der Waals surface area contributed by atoms with Gasteiger partial charge in [-0.3, -0.25) is 0 Å². The topological polar surface area (TPSA) is 14.7 Å². The third-order valence-electron chi connectivity index (χ3n) is 11.7. The molecule has 0 radical (unpaired) electrons. The number of anilines is 9. The fourth-order valence-corrected chi connectivity index (χ4v) is 8.68. The van der Waals surface area contributed by atoms with E-state index in [4.69, 9.17) is 0 Å². The zero-order chi connectivity index (χ0) is 42.0. The van der Waals surface area contributed by atoms with E-state index in [2.05, 4.69) is 277 Å². The van der Waals surface area contributed by atoms with E-state index in [-0.39, 0.29) is 5.41 Å². The quantitative estimate of drug-likeness (QED) is 0.137. The molecule has 4 nitrogen and oxygen atoms in total. The standard InChI is InChI=1S/C58H48N4/c1-58(2,3)43-34-36-48(37-35-43)60(46-24-12-6-13-25-46)50-29-19-31-52(41-50)61(51-30-18-28-49(40-51)59(44-20-8-4-9-21-44)45-22-10-5-11-23-45)53-38-39-55-54-32-16-17-33-56(54)62(57(55)42-53)47-26-14-7-15-27-47/h4-42H,1-3H3. The summed E-state index contributed by atoms with van der Waals surface area (Å²) in [6.07, 6.45) is 0. The van der Waals surface area contributed by atoms with Crippen LogP contribution in [0.15, 0.2) is 237 Å². The van der Waals surface area contributed by atoms with E-state index in [9.17, 15) is 0 Å². The van der Waals surface area contributed by atoms with Gasteiger partial charge in [0.2, 0.25) is 0 Å². The molecular weight excluding hydrogens is 753 g/mol. The lowest BCUT2D eigenvalue weighted by Gasteiger charge is -2.31. The van der Waals surface area contributed by atoms with Crippen LogP contribution in [0.3, 0.4) is 0 Å². The molecule has 0 saturated carbocycles. The van der Waals surface area contributed by atoms with Gasteiger partial charge in [-0.05, 0) is 126 Å². The van der Waals surface area contributed by atoms with Crippen LogP contribution in [0.4, 0.5) is 51.2 Å². The van der Waals surface area contributed by atoms with E-state index in [1.165, 1.54) is 21.9 Å². The van der Waals surface area contributed by atoms with Gasteiger partial charge in [0.25, 0.3) is 0 Å². The van der Waals surface area contributed by atoms with Crippen LogP contribution in [-0.4, -0.2) is 4.57 Å². The summed E-state index contributed by atoms with van der Waals surface area (Å²) in [4.78, 5) is 7.08. The van der Waals surface area contributed by atoms with Crippen LogP contribution in [0.1, 0.15) is 26.3 Å². The molecule has 10 rings (SSSR count). The highest BCUT2D eigenvalue weighted by atomic mass is 15.2. The molecule has 1 heterocycles. The zero-order valence-electron chi connectivity index (χ0n) is 35.3. The van der Waals surface area contributed by atoms with Gasteiger partial charge in [0, 0.05) is 67.6 Å². The van der Waals surface area contributed by atoms with Gasteiger partial charge >= 0.3 is 0 Å². The van der Waals surface area contributed by atoms with E-state index < -0.39 is 0 Å². The van der Waals surface area contributed by atoms with Crippen molar-refractivity contribution in [2.45, 2.75) is 26.2 Å². The summed E-state index contributed by atoms with van der Waals surface area (Å²) in [7, 11) is 0. The first-order valence-electron chi connectivity index (χ1n) is 21.4. The Morgan fingerprint density at radius 3 is 1.13 bits per heavy atom. The van der Waals surface area contributed by atoms with Gasteiger partial charge < -0.3 is 19.3 Å². The summed E-state index contributed by atoms with van der Waals surface area (Å²) in [6.45, 7) is 6.79. The fourth-order valence-electron chi connectivity index (χ4n) is 8.68. The number of nitrogens with zero attached hydrogens (tertiary/aromatic N) is 4. The molecule has 9 aromatic carbocycles. The Hall–Kier alpha value is -7.82. The Morgan fingerprint density at radius 2 is 0.645 bits per heavy atom. The van der Waals surface area contributed by atoms with E-state index in [1.54, 1.807) is 0 Å². The van der Waals surface area contributed by atoms with Crippen molar-refractivity contribution in [2.24, 2.45) is 0 Å². The number of para-hydroxylation sites is 5. The molecule has 0 unspecified atom stereocenters. The number of hydrogen-bond acceptors (Lipinski definition) is 3. The highest BCUT2D eigenvalue weighted by Crippen LogP contribution is 2.45. The molecule has 0 atom stereocenters. The normalized spacial score (nSPS) is 11.5. The first-order chi connectivity index (χ1) is 30.4. The number of hydrogen-bond donors (Lipinski definition) is 0. The van der Waals surface area contributed by atoms with Gasteiger partial charge in [0.15, 0.2) is 0 Å². The fraction of sp³-hybridized carbons (Fsp3) is 0.0690. The van der Waals surface area contributed by atoms with Crippen LogP contribution in [0.2, 0.25) is 0 Å². The van der Waals surface area contributed by atoms with Gasteiger partial charge in [-0.2, -0.15) is 0 Å². The predicted molar refractivity (Wildman–Crippen MR) is 264 cm³/mol. The number of benzene rings is 9. The molecule has 0 aliphatic heterocycles. The highest BCUT2D eigenvalue weighted by molar-refractivity contribution is 6.10. The lowest BCUT2D eigenvalue weighted by molar-refractivity contribution is 0.590.